The van der Waals surface area contributed by atoms with Crippen LogP contribution in [-0.2, 0) is 11.3 Å². The minimum Gasteiger partial charge on any atom is -0.359 e. The Morgan fingerprint density at radius 3 is 2.83 bits per heavy atom. The van der Waals surface area contributed by atoms with Crippen molar-refractivity contribution >= 4 is 12.4 Å². The van der Waals surface area contributed by atoms with E-state index in [1.807, 2.05) is 31.2 Å². The number of benzene rings is 1. The van der Waals surface area contributed by atoms with Gasteiger partial charge in [-0.25, -0.2) is 4.79 Å². The smallest absolute Gasteiger partial charge is 0.315 e. The van der Waals surface area contributed by atoms with Gasteiger partial charge in [0.05, 0.1) is 0 Å². The SMILES string of the molecule is Cc1cccc(CNC(=O)NCCCNC=O)c1. The maximum Gasteiger partial charge on any atom is 0.315 e. The number of hydrogen-bond donors (Lipinski definition) is 3. The Balaban J connectivity index is 2.15. The second kappa shape index (κ2) is 8.11. The molecule has 0 bridgehead atoms. The fourth-order valence-corrected chi connectivity index (χ4v) is 1.52. The Morgan fingerprint density at radius 1 is 1.28 bits per heavy atom. The van der Waals surface area contributed by atoms with Gasteiger partial charge >= 0.3 is 6.03 Å². The molecule has 1 aromatic carbocycles. The normalized spacial score (nSPS) is 9.61. The second-order valence-corrected chi connectivity index (χ2v) is 4.02. The van der Waals surface area contributed by atoms with Crippen LogP contribution in [0.25, 0.3) is 0 Å². The number of hydrogen-bond acceptors (Lipinski definition) is 2. The summed E-state index contributed by atoms with van der Waals surface area (Å²) in [7, 11) is 0. The predicted octanol–water partition coefficient (Wildman–Crippen LogP) is 0.930. The fourth-order valence-electron chi connectivity index (χ4n) is 1.52. The van der Waals surface area contributed by atoms with Crippen molar-refractivity contribution in [3.05, 3.63) is 35.4 Å². The monoisotopic (exact) mass is 249 g/mol. The van der Waals surface area contributed by atoms with Crippen LogP contribution in [0.1, 0.15) is 17.5 Å². The minimum absolute atomic E-state index is 0.192. The van der Waals surface area contributed by atoms with Crippen LogP contribution in [0.4, 0.5) is 4.79 Å². The van der Waals surface area contributed by atoms with Gasteiger partial charge in [0.1, 0.15) is 0 Å². The third-order valence-corrected chi connectivity index (χ3v) is 2.40. The van der Waals surface area contributed by atoms with E-state index < -0.39 is 0 Å². The van der Waals surface area contributed by atoms with Gasteiger partial charge in [-0.2, -0.15) is 0 Å². The number of aryl methyl sites for hydroxylation is 1. The maximum absolute atomic E-state index is 11.4. The molecular formula is C13H19N3O2. The lowest BCUT2D eigenvalue weighted by atomic mass is 10.1. The predicted molar refractivity (Wildman–Crippen MR) is 70.1 cm³/mol. The van der Waals surface area contributed by atoms with Gasteiger partial charge in [-0.15, -0.1) is 0 Å². The van der Waals surface area contributed by atoms with Crippen LogP contribution in [-0.4, -0.2) is 25.5 Å². The molecule has 0 aromatic heterocycles. The summed E-state index contributed by atoms with van der Waals surface area (Å²) >= 11 is 0. The summed E-state index contributed by atoms with van der Waals surface area (Å²) in [6.07, 6.45) is 1.37. The van der Waals surface area contributed by atoms with Crippen molar-refractivity contribution < 1.29 is 9.59 Å². The first-order valence-electron chi connectivity index (χ1n) is 5.96. The average Bonchev–Trinajstić information content (AvgIpc) is 2.36. The summed E-state index contributed by atoms with van der Waals surface area (Å²) < 4.78 is 0. The first kappa shape index (κ1) is 14.0. The van der Waals surface area contributed by atoms with E-state index in [9.17, 15) is 9.59 Å². The van der Waals surface area contributed by atoms with Crippen molar-refractivity contribution in [2.24, 2.45) is 0 Å². The molecule has 0 atom stereocenters. The summed E-state index contributed by atoms with van der Waals surface area (Å²) in [4.78, 5) is 21.4. The number of amides is 3. The molecule has 98 valence electrons. The van der Waals surface area contributed by atoms with Gasteiger partial charge in [-0.1, -0.05) is 29.8 Å². The van der Waals surface area contributed by atoms with Gasteiger partial charge in [-0.3, -0.25) is 4.79 Å². The van der Waals surface area contributed by atoms with Gasteiger partial charge in [0.15, 0.2) is 0 Å². The average molecular weight is 249 g/mol. The molecule has 0 unspecified atom stereocenters. The molecule has 0 radical (unpaired) electrons. The minimum atomic E-state index is -0.192. The number of carbonyl (C=O) groups excluding carboxylic acids is 2. The Kier molecular flexibility index (Phi) is 6.32. The Hall–Kier alpha value is -2.04. The molecule has 3 amide bonds. The lowest BCUT2D eigenvalue weighted by molar-refractivity contribution is -0.109. The van der Waals surface area contributed by atoms with E-state index in [0.717, 1.165) is 12.0 Å². The van der Waals surface area contributed by atoms with E-state index in [4.69, 9.17) is 0 Å². The van der Waals surface area contributed by atoms with Crippen LogP contribution < -0.4 is 16.0 Å². The summed E-state index contributed by atoms with van der Waals surface area (Å²) in [6.45, 7) is 3.64. The largest absolute Gasteiger partial charge is 0.359 e. The van der Waals surface area contributed by atoms with Crippen molar-refractivity contribution in [2.75, 3.05) is 13.1 Å². The fraction of sp³-hybridized carbons (Fsp3) is 0.385. The van der Waals surface area contributed by atoms with Crippen LogP contribution in [0.2, 0.25) is 0 Å². The zero-order chi connectivity index (χ0) is 13.2. The molecule has 1 rings (SSSR count). The van der Waals surface area contributed by atoms with Crippen LogP contribution >= 0.6 is 0 Å². The molecule has 5 nitrogen and oxygen atoms in total. The van der Waals surface area contributed by atoms with Crippen molar-refractivity contribution in [3.63, 3.8) is 0 Å². The van der Waals surface area contributed by atoms with Gasteiger partial charge in [-0.05, 0) is 18.9 Å². The van der Waals surface area contributed by atoms with Crippen molar-refractivity contribution in [2.45, 2.75) is 19.9 Å². The summed E-state index contributed by atoms with van der Waals surface area (Å²) in [5.74, 6) is 0. The molecule has 0 aliphatic rings. The Bertz CT molecular complexity index is 394. The van der Waals surface area contributed by atoms with E-state index in [2.05, 4.69) is 16.0 Å². The molecule has 1 aromatic rings. The van der Waals surface area contributed by atoms with E-state index in [1.165, 1.54) is 5.56 Å². The molecule has 18 heavy (non-hydrogen) atoms. The highest BCUT2D eigenvalue weighted by Crippen LogP contribution is 2.02. The van der Waals surface area contributed by atoms with Gasteiger partial charge in [0, 0.05) is 19.6 Å². The quantitative estimate of drug-likeness (QED) is 0.497. The van der Waals surface area contributed by atoms with Crippen molar-refractivity contribution in [3.8, 4) is 0 Å². The maximum atomic E-state index is 11.4. The number of urea groups is 1. The highest BCUT2D eigenvalue weighted by Gasteiger charge is 1.99. The standard InChI is InChI=1S/C13H19N3O2/c1-11-4-2-5-12(8-11)9-16-13(18)15-7-3-6-14-10-17/h2,4-5,8,10H,3,6-7,9H2,1H3,(H,14,17)(H2,15,16,18). The zero-order valence-electron chi connectivity index (χ0n) is 10.5. The number of nitrogens with one attached hydrogen (secondary N) is 3. The summed E-state index contributed by atoms with van der Waals surface area (Å²) in [5, 5.41) is 8.03. The summed E-state index contributed by atoms with van der Waals surface area (Å²) in [6, 6.07) is 7.80. The Labute approximate surface area is 107 Å². The molecule has 0 heterocycles. The van der Waals surface area contributed by atoms with E-state index in [0.29, 0.717) is 26.0 Å². The third kappa shape index (κ3) is 5.89. The van der Waals surface area contributed by atoms with Crippen molar-refractivity contribution in [1.29, 1.82) is 0 Å². The van der Waals surface area contributed by atoms with E-state index in [-0.39, 0.29) is 6.03 Å². The number of carbonyl (C=O) groups is 2. The lowest BCUT2D eigenvalue weighted by Gasteiger charge is -2.08. The highest BCUT2D eigenvalue weighted by molar-refractivity contribution is 5.73. The molecule has 0 saturated heterocycles. The third-order valence-electron chi connectivity index (χ3n) is 2.40. The molecule has 0 aliphatic heterocycles. The lowest BCUT2D eigenvalue weighted by Crippen LogP contribution is -2.36. The molecule has 0 aliphatic carbocycles. The van der Waals surface area contributed by atoms with Crippen LogP contribution in [0.3, 0.4) is 0 Å². The van der Waals surface area contributed by atoms with E-state index in [1.54, 1.807) is 0 Å². The van der Waals surface area contributed by atoms with Crippen molar-refractivity contribution in [1.82, 2.24) is 16.0 Å². The first-order valence-corrected chi connectivity index (χ1v) is 5.96. The van der Waals surface area contributed by atoms with E-state index >= 15 is 0 Å². The molecule has 0 fully saturated rings. The zero-order valence-corrected chi connectivity index (χ0v) is 10.5. The van der Waals surface area contributed by atoms with Crippen LogP contribution in [0, 0.1) is 6.92 Å². The Morgan fingerprint density at radius 2 is 2.11 bits per heavy atom. The molecule has 5 heteroatoms. The number of rotatable bonds is 7. The molecule has 0 spiro atoms. The van der Waals surface area contributed by atoms with Gasteiger partial charge in [0.2, 0.25) is 6.41 Å². The highest BCUT2D eigenvalue weighted by atomic mass is 16.2. The summed E-state index contributed by atoms with van der Waals surface area (Å²) in [5.41, 5.74) is 2.25. The molecular weight excluding hydrogens is 230 g/mol. The van der Waals surface area contributed by atoms with Crippen LogP contribution in [0.15, 0.2) is 24.3 Å². The van der Waals surface area contributed by atoms with Gasteiger partial charge < -0.3 is 16.0 Å². The molecule has 3 N–H and O–H groups in total. The first-order chi connectivity index (χ1) is 8.72. The van der Waals surface area contributed by atoms with Crippen LogP contribution in [0.5, 0.6) is 0 Å². The van der Waals surface area contributed by atoms with Gasteiger partial charge in [0.25, 0.3) is 0 Å². The topological polar surface area (TPSA) is 70.2 Å². The second-order valence-electron chi connectivity index (χ2n) is 4.02. The molecule has 0 saturated carbocycles.